The van der Waals surface area contributed by atoms with Crippen LogP contribution in [0.15, 0.2) is 48.9 Å². The third-order valence-corrected chi connectivity index (χ3v) is 7.05. The SMILES string of the molecule is CC(C)C[C@H](NC(=O)[C@H](Cc1ccccc1)NC(=O)c1cnccn1)[B-]12OC(=O)CC[N+]1(C)CC(=O)O2. The van der Waals surface area contributed by atoms with Gasteiger partial charge in [-0.05, 0) is 17.9 Å². The third-order valence-electron chi connectivity index (χ3n) is 7.05. The van der Waals surface area contributed by atoms with Gasteiger partial charge in [-0.1, -0.05) is 44.2 Å². The first-order valence-electron chi connectivity index (χ1n) is 12.5. The smallest absolute Gasteiger partial charge is 0.603 e. The van der Waals surface area contributed by atoms with Crippen LogP contribution in [0.3, 0.4) is 0 Å². The van der Waals surface area contributed by atoms with Gasteiger partial charge in [0.1, 0.15) is 18.3 Å². The predicted octanol–water partition coefficient (Wildman–Crippen LogP) is 0.777. The van der Waals surface area contributed by atoms with E-state index >= 15 is 0 Å². The lowest BCUT2D eigenvalue weighted by Crippen LogP contribution is -2.78. The molecule has 0 saturated carbocycles. The first-order chi connectivity index (χ1) is 17.6. The maximum atomic E-state index is 13.8. The van der Waals surface area contributed by atoms with Gasteiger partial charge in [0.25, 0.3) is 11.9 Å². The van der Waals surface area contributed by atoms with E-state index in [1.807, 2.05) is 51.2 Å². The summed E-state index contributed by atoms with van der Waals surface area (Å²) in [6.07, 6.45) is 4.93. The minimum absolute atomic E-state index is 0.0502. The third kappa shape index (κ3) is 5.64. The first kappa shape index (κ1) is 26.3. The van der Waals surface area contributed by atoms with Crippen LogP contribution >= 0.6 is 0 Å². The lowest BCUT2D eigenvalue weighted by atomic mass is 9.56. The molecule has 2 amide bonds. The summed E-state index contributed by atoms with van der Waals surface area (Å²) in [5.74, 6) is -2.68. The van der Waals surface area contributed by atoms with Crippen molar-refractivity contribution in [1.29, 1.82) is 0 Å². The molecule has 2 fully saturated rings. The molecule has 1 aromatic heterocycles. The molecule has 12 heteroatoms. The van der Waals surface area contributed by atoms with Crippen LogP contribution in [-0.4, -0.2) is 76.9 Å². The number of rotatable bonds is 9. The van der Waals surface area contributed by atoms with Crippen molar-refractivity contribution >= 4 is 30.4 Å². The molecule has 4 rings (SSSR count). The number of carbonyl (C=O) groups excluding carboxylic acids is 4. The lowest BCUT2D eigenvalue weighted by molar-refractivity contribution is -0.815. The van der Waals surface area contributed by atoms with Crippen molar-refractivity contribution in [1.82, 2.24) is 20.6 Å². The van der Waals surface area contributed by atoms with Crippen molar-refractivity contribution < 1.29 is 32.9 Å². The van der Waals surface area contributed by atoms with Crippen molar-refractivity contribution in [3.8, 4) is 0 Å². The zero-order valence-corrected chi connectivity index (χ0v) is 21.3. The van der Waals surface area contributed by atoms with Gasteiger partial charge in [-0.25, -0.2) is 4.98 Å². The fourth-order valence-electron chi connectivity index (χ4n) is 5.21. The second kappa shape index (κ2) is 10.7. The Hall–Kier alpha value is -3.80. The molecule has 37 heavy (non-hydrogen) atoms. The molecule has 2 aliphatic rings. The fraction of sp³-hybridized carbons (Fsp3) is 0.440. The highest BCUT2D eigenvalue weighted by Gasteiger charge is 2.66. The lowest BCUT2D eigenvalue weighted by Gasteiger charge is -2.54. The summed E-state index contributed by atoms with van der Waals surface area (Å²) in [6, 6.07) is 8.30. The minimum Gasteiger partial charge on any atom is -0.603 e. The fourth-order valence-corrected chi connectivity index (χ4v) is 5.21. The molecule has 196 valence electrons. The van der Waals surface area contributed by atoms with E-state index in [9.17, 15) is 19.2 Å². The number of quaternary nitrogens is 1. The summed E-state index contributed by atoms with van der Waals surface area (Å²) >= 11 is 0. The Morgan fingerprint density at radius 3 is 2.49 bits per heavy atom. The number of hydrogen-bond donors (Lipinski definition) is 2. The van der Waals surface area contributed by atoms with Crippen molar-refractivity contribution in [2.75, 3.05) is 20.1 Å². The van der Waals surface area contributed by atoms with E-state index < -0.39 is 42.4 Å². The molecule has 2 aromatic rings. The van der Waals surface area contributed by atoms with Crippen molar-refractivity contribution in [3.05, 3.63) is 60.2 Å². The summed E-state index contributed by atoms with van der Waals surface area (Å²) < 4.78 is 11.7. The molecule has 3 heterocycles. The van der Waals surface area contributed by atoms with Gasteiger partial charge in [0.05, 0.1) is 25.1 Å². The second-order valence-corrected chi connectivity index (χ2v) is 10.4. The van der Waals surface area contributed by atoms with E-state index in [0.717, 1.165) is 5.56 Å². The van der Waals surface area contributed by atoms with Crippen LogP contribution in [0.5, 0.6) is 0 Å². The van der Waals surface area contributed by atoms with Crippen molar-refractivity contribution in [3.63, 3.8) is 0 Å². The maximum absolute atomic E-state index is 13.8. The maximum Gasteiger partial charge on any atom is 0.604 e. The zero-order valence-electron chi connectivity index (χ0n) is 21.3. The van der Waals surface area contributed by atoms with E-state index in [2.05, 4.69) is 20.6 Å². The Balaban J connectivity index is 1.64. The summed E-state index contributed by atoms with van der Waals surface area (Å²) in [7, 11) is 1.81. The molecule has 0 spiro atoms. The molecule has 2 unspecified atom stereocenters. The number of nitrogens with one attached hydrogen (secondary N) is 2. The molecular weight excluding hydrogens is 477 g/mol. The van der Waals surface area contributed by atoms with Crippen LogP contribution in [0.25, 0.3) is 0 Å². The highest BCUT2D eigenvalue weighted by molar-refractivity contribution is 6.66. The average molecular weight is 509 g/mol. The van der Waals surface area contributed by atoms with E-state index in [1.165, 1.54) is 18.6 Å². The molecular formula is C25H32BN5O6. The van der Waals surface area contributed by atoms with Gasteiger partial charge in [0, 0.05) is 25.9 Å². The van der Waals surface area contributed by atoms with Crippen LogP contribution in [-0.2, 0) is 30.1 Å². The molecule has 1 aromatic carbocycles. The van der Waals surface area contributed by atoms with Crippen LogP contribution in [0, 0.1) is 5.92 Å². The van der Waals surface area contributed by atoms with E-state index in [0.29, 0.717) is 13.0 Å². The van der Waals surface area contributed by atoms with Gasteiger partial charge in [0.15, 0.2) is 0 Å². The number of likely N-dealkylation sites (N-methyl/N-ethyl adjacent to an activating group) is 1. The van der Waals surface area contributed by atoms with Crippen molar-refractivity contribution in [2.24, 2.45) is 5.92 Å². The average Bonchev–Trinajstić information content (AvgIpc) is 3.14. The summed E-state index contributed by atoms with van der Waals surface area (Å²) in [6.45, 7) is 1.80. The first-order valence-corrected chi connectivity index (χ1v) is 12.5. The Labute approximate surface area is 215 Å². The number of hydrogen-bond acceptors (Lipinski definition) is 8. The Morgan fingerprint density at radius 1 is 1.08 bits per heavy atom. The summed E-state index contributed by atoms with van der Waals surface area (Å²) in [4.78, 5) is 59.5. The molecule has 2 saturated heterocycles. The van der Waals surface area contributed by atoms with Crippen LogP contribution < -0.4 is 10.6 Å². The van der Waals surface area contributed by atoms with Crippen LogP contribution in [0.4, 0.5) is 0 Å². The minimum atomic E-state index is -2.56. The van der Waals surface area contributed by atoms with Gasteiger partial charge >= 0.3 is 12.7 Å². The molecule has 0 bridgehead atoms. The number of aromatic nitrogens is 2. The van der Waals surface area contributed by atoms with E-state index in [-0.39, 0.29) is 35.4 Å². The summed E-state index contributed by atoms with van der Waals surface area (Å²) in [5.41, 5.74) is 0.910. The number of fused-ring (bicyclic) bond motifs is 1. The Bertz CT molecular complexity index is 1170. The molecule has 4 atom stereocenters. The predicted molar refractivity (Wildman–Crippen MR) is 133 cm³/mol. The van der Waals surface area contributed by atoms with Crippen molar-refractivity contribution in [2.45, 2.75) is 45.1 Å². The van der Waals surface area contributed by atoms with Gasteiger partial charge in [-0.2, -0.15) is 0 Å². The number of nitrogens with zero attached hydrogens (tertiary/aromatic N) is 3. The zero-order chi connectivity index (χ0) is 26.6. The number of benzene rings is 1. The number of carbonyl (C=O) groups is 4. The van der Waals surface area contributed by atoms with Crippen LogP contribution in [0.1, 0.15) is 42.7 Å². The number of amides is 2. The quantitative estimate of drug-likeness (QED) is 0.474. The van der Waals surface area contributed by atoms with E-state index in [1.54, 1.807) is 0 Å². The van der Waals surface area contributed by atoms with E-state index in [4.69, 9.17) is 9.31 Å². The second-order valence-electron chi connectivity index (χ2n) is 10.4. The topological polar surface area (TPSA) is 137 Å². The van der Waals surface area contributed by atoms with Gasteiger partial charge in [-0.3, -0.25) is 24.2 Å². The van der Waals surface area contributed by atoms with Crippen LogP contribution in [0.2, 0.25) is 0 Å². The Morgan fingerprint density at radius 2 is 1.81 bits per heavy atom. The standard InChI is InChI=1S/C25H32BN5O6/c1-17(2)13-21(26-31(3,16-23(33)37-26)12-9-22(32)36-26)30-24(34)19(14-18-7-5-4-6-8-18)29-25(35)20-15-27-10-11-28-20/h4-8,10-11,15,17,19,21H,9,12-14,16H2,1-3H3,(H,29,35)(H,30,34)/t19-,21-,26?,31?/m0/s1. The molecule has 0 aliphatic carbocycles. The van der Waals surface area contributed by atoms with Gasteiger partial charge in [0.2, 0.25) is 5.91 Å². The Kier molecular flexibility index (Phi) is 7.58. The van der Waals surface area contributed by atoms with Gasteiger partial charge in [-0.15, -0.1) is 0 Å². The molecule has 0 radical (unpaired) electrons. The molecule has 2 N–H and O–H groups in total. The summed E-state index contributed by atoms with van der Waals surface area (Å²) in [5, 5.41) is 5.75. The highest BCUT2D eigenvalue weighted by atomic mass is 16.7. The molecule has 2 aliphatic heterocycles. The highest BCUT2D eigenvalue weighted by Crippen LogP contribution is 2.37. The molecule has 11 nitrogen and oxygen atoms in total. The largest absolute Gasteiger partial charge is 0.604 e. The van der Waals surface area contributed by atoms with Gasteiger partial charge < -0.3 is 24.3 Å². The monoisotopic (exact) mass is 509 g/mol. The normalized spacial score (nSPS) is 24.4.